The highest BCUT2D eigenvalue weighted by molar-refractivity contribution is 7.06. The highest BCUT2D eigenvalue weighted by Gasteiger charge is 2.27. The van der Waals surface area contributed by atoms with Crippen LogP contribution in [0.2, 0.25) is 0 Å². The third-order valence-corrected chi connectivity index (χ3v) is 5.03. The Bertz CT molecular complexity index is 592. The lowest BCUT2D eigenvalue weighted by molar-refractivity contribution is 0.0689. The number of nitrogens with zero attached hydrogens (tertiary/aromatic N) is 3. The van der Waals surface area contributed by atoms with Gasteiger partial charge in [-0.1, -0.05) is 0 Å². The predicted molar refractivity (Wildman–Crippen MR) is 82.5 cm³/mol. The zero-order chi connectivity index (χ0) is 14.8. The van der Waals surface area contributed by atoms with Crippen molar-refractivity contribution in [2.24, 2.45) is 5.92 Å². The first-order valence-corrected chi connectivity index (χ1v) is 8.13. The van der Waals surface area contributed by atoms with Gasteiger partial charge < -0.3 is 9.88 Å². The first-order valence-electron chi connectivity index (χ1n) is 7.35. The molecule has 2 aromatic heterocycles. The SMILES string of the molecule is Cc1nsc(C)c1C(=O)N1CCC(Cc2ncc[nH]2)CC1. The summed E-state index contributed by atoms with van der Waals surface area (Å²) in [4.78, 5) is 23.0. The van der Waals surface area contributed by atoms with Gasteiger partial charge in [0.05, 0.1) is 11.3 Å². The zero-order valence-electron chi connectivity index (χ0n) is 12.4. The van der Waals surface area contributed by atoms with Crippen molar-refractivity contribution in [3.05, 3.63) is 34.4 Å². The summed E-state index contributed by atoms with van der Waals surface area (Å²) in [5.41, 5.74) is 1.67. The van der Waals surface area contributed by atoms with Gasteiger partial charge in [0, 0.05) is 36.8 Å². The largest absolute Gasteiger partial charge is 0.349 e. The molecular formula is C15H20N4OS. The van der Waals surface area contributed by atoms with Crippen LogP contribution in [0.4, 0.5) is 0 Å². The Morgan fingerprint density at radius 3 is 2.76 bits per heavy atom. The van der Waals surface area contributed by atoms with Gasteiger partial charge >= 0.3 is 0 Å². The fourth-order valence-corrected chi connectivity index (χ4v) is 3.66. The molecule has 3 rings (SSSR count). The van der Waals surface area contributed by atoms with E-state index in [0.717, 1.165) is 54.3 Å². The van der Waals surface area contributed by atoms with Crippen LogP contribution in [0.1, 0.15) is 39.6 Å². The van der Waals surface area contributed by atoms with E-state index in [9.17, 15) is 4.79 Å². The number of imidazole rings is 1. The molecule has 1 amide bonds. The van der Waals surface area contributed by atoms with Crippen LogP contribution in [0.15, 0.2) is 12.4 Å². The lowest BCUT2D eigenvalue weighted by Gasteiger charge is -2.31. The van der Waals surface area contributed by atoms with Gasteiger partial charge in [-0.15, -0.1) is 0 Å². The molecule has 1 aliphatic heterocycles. The lowest BCUT2D eigenvalue weighted by atomic mass is 9.93. The molecule has 1 N–H and O–H groups in total. The van der Waals surface area contributed by atoms with E-state index in [1.165, 1.54) is 11.5 Å². The van der Waals surface area contributed by atoms with Crippen molar-refractivity contribution in [2.45, 2.75) is 33.1 Å². The van der Waals surface area contributed by atoms with Gasteiger partial charge in [0.15, 0.2) is 0 Å². The minimum Gasteiger partial charge on any atom is -0.349 e. The smallest absolute Gasteiger partial charge is 0.256 e. The van der Waals surface area contributed by atoms with Gasteiger partial charge in [-0.3, -0.25) is 4.79 Å². The topological polar surface area (TPSA) is 61.9 Å². The molecule has 0 atom stereocenters. The molecule has 112 valence electrons. The fraction of sp³-hybridized carbons (Fsp3) is 0.533. The average Bonchev–Trinajstić information content (AvgIpc) is 3.09. The van der Waals surface area contributed by atoms with Gasteiger partial charge in [0.1, 0.15) is 5.82 Å². The van der Waals surface area contributed by atoms with E-state index < -0.39 is 0 Å². The molecule has 0 saturated carbocycles. The summed E-state index contributed by atoms with van der Waals surface area (Å²) in [5, 5.41) is 0. The monoisotopic (exact) mass is 304 g/mol. The van der Waals surface area contributed by atoms with Gasteiger partial charge in [0.25, 0.3) is 5.91 Å². The third kappa shape index (κ3) is 3.00. The Labute approximate surface area is 128 Å². The summed E-state index contributed by atoms with van der Waals surface area (Å²) in [5.74, 6) is 1.81. The number of carbonyl (C=O) groups is 1. The van der Waals surface area contributed by atoms with E-state index in [4.69, 9.17) is 0 Å². The van der Waals surface area contributed by atoms with Gasteiger partial charge in [-0.2, -0.15) is 4.37 Å². The number of H-pyrrole nitrogens is 1. The normalized spacial score (nSPS) is 16.4. The number of piperidine rings is 1. The van der Waals surface area contributed by atoms with E-state index in [2.05, 4.69) is 14.3 Å². The molecule has 3 heterocycles. The maximum absolute atomic E-state index is 12.6. The molecule has 2 aromatic rings. The number of rotatable bonds is 3. The van der Waals surface area contributed by atoms with Crippen LogP contribution in [0.3, 0.4) is 0 Å². The van der Waals surface area contributed by atoms with Gasteiger partial charge in [-0.25, -0.2) is 4.98 Å². The summed E-state index contributed by atoms with van der Waals surface area (Å²) in [6, 6.07) is 0. The Morgan fingerprint density at radius 2 is 2.19 bits per heavy atom. The van der Waals surface area contributed by atoms with Crippen LogP contribution in [0, 0.1) is 19.8 Å². The summed E-state index contributed by atoms with van der Waals surface area (Å²) < 4.78 is 4.28. The first-order chi connectivity index (χ1) is 10.1. The second-order valence-corrected chi connectivity index (χ2v) is 6.65. The number of amides is 1. The molecule has 0 spiro atoms. The van der Waals surface area contributed by atoms with E-state index in [1.54, 1.807) is 6.20 Å². The summed E-state index contributed by atoms with van der Waals surface area (Å²) >= 11 is 1.42. The first kappa shape index (κ1) is 14.3. The summed E-state index contributed by atoms with van der Waals surface area (Å²) in [6.07, 6.45) is 6.73. The number of hydrogen-bond acceptors (Lipinski definition) is 4. The maximum atomic E-state index is 12.6. The minimum absolute atomic E-state index is 0.148. The Kier molecular flexibility index (Phi) is 4.05. The number of carbonyl (C=O) groups excluding carboxylic acids is 1. The van der Waals surface area contributed by atoms with Crippen molar-refractivity contribution in [3.8, 4) is 0 Å². The molecule has 1 saturated heterocycles. The number of likely N-dealkylation sites (tertiary alicyclic amines) is 1. The second-order valence-electron chi connectivity index (χ2n) is 5.67. The lowest BCUT2D eigenvalue weighted by Crippen LogP contribution is -2.39. The number of aromatic nitrogens is 3. The van der Waals surface area contributed by atoms with Crippen LogP contribution < -0.4 is 0 Å². The Hall–Kier alpha value is -1.69. The van der Waals surface area contributed by atoms with Crippen molar-refractivity contribution in [3.63, 3.8) is 0 Å². The zero-order valence-corrected chi connectivity index (χ0v) is 13.2. The highest BCUT2D eigenvalue weighted by atomic mass is 32.1. The third-order valence-electron chi connectivity index (χ3n) is 4.19. The molecule has 0 radical (unpaired) electrons. The molecule has 5 nitrogen and oxygen atoms in total. The Morgan fingerprint density at radius 1 is 1.43 bits per heavy atom. The van der Waals surface area contributed by atoms with Crippen LogP contribution >= 0.6 is 11.5 Å². The van der Waals surface area contributed by atoms with Crippen molar-refractivity contribution in [2.75, 3.05) is 13.1 Å². The molecule has 0 unspecified atom stereocenters. The van der Waals surface area contributed by atoms with Gasteiger partial charge in [-0.05, 0) is 44.1 Å². The standard InChI is InChI=1S/C15H20N4OS/c1-10-14(11(2)21-18-10)15(20)19-7-3-12(4-8-19)9-13-16-5-6-17-13/h5-6,12H,3-4,7-9H2,1-2H3,(H,16,17). The fourth-order valence-electron chi connectivity index (χ4n) is 2.97. The maximum Gasteiger partial charge on any atom is 0.256 e. The van der Waals surface area contributed by atoms with Crippen molar-refractivity contribution in [1.29, 1.82) is 0 Å². The molecular weight excluding hydrogens is 284 g/mol. The molecule has 0 aliphatic carbocycles. The quantitative estimate of drug-likeness (QED) is 0.948. The average molecular weight is 304 g/mol. The van der Waals surface area contributed by atoms with Crippen molar-refractivity contribution >= 4 is 17.4 Å². The highest BCUT2D eigenvalue weighted by Crippen LogP contribution is 2.24. The van der Waals surface area contributed by atoms with Crippen molar-refractivity contribution in [1.82, 2.24) is 19.2 Å². The van der Waals surface area contributed by atoms with E-state index in [0.29, 0.717) is 5.92 Å². The summed E-state index contributed by atoms with van der Waals surface area (Å²) in [6.45, 7) is 5.56. The van der Waals surface area contributed by atoms with Gasteiger partial charge in [0.2, 0.25) is 0 Å². The van der Waals surface area contributed by atoms with Crippen LogP contribution in [-0.4, -0.2) is 38.2 Å². The number of hydrogen-bond donors (Lipinski definition) is 1. The Balaban J connectivity index is 1.59. The second kappa shape index (κ2) is 5.97. The number of aromatic amines is 1. The molecule has 0 aromatic carbocycles. The number of aryl methyl sites for hydroxylation is 2. The molecule has 0 bridgehead atoms. The minimum atomic E-state index is 0.148. The molecule has 1 aliphatic rings. The van der Waals surface area contributed by atoms with Crippen LogP contribution in [0.5, 0.6) is 0 Å². The number of nitrogens with one attached hydrogen (secondary N) is 1. The summed E-state index contributed by atoms with van der Waals surface area (Å²) in [7, 11) is 0. The van der Waals surface area contributed by atoms with E-state index >= 15 is 0 Å². The molecule has 21 heavy (non-hydrogen) atoms. The van der Waals surface area contributed by atoms with Crippen molar-refractivity contribution < 1.29 is 4.79 Å². The molecule has 1 fully saturated rings. The van der Waals surface area contributed by atoms with E-state index in [-0.39, 0.29) is 5.91 Å². The van der Waals surface area contributed by atoms with Crippen LogP contribution in [0.25, 0.3) is 0 Å². The van der Waals surface area contributed by atoms with E-state index in [1.807, 2.05) is 24.9 Å². The predicted octanol–water partition coefficient (Wildman–Crippen LogP) is 2.58. The van der Waals surface area contributed by atoms with Crippen LogP contribution in [-0.2, 0) is 6.42 Å². The molecule has 6 heteroatoms.